The van der Waals surface area contributed by atoms with Crippen molar-refractivity contribution in [1.29, 1.82) is 0 Å². The van der Waals surface area contributed by atoms with Gasteiger partial charge in [-0.1, -0.05) is 18.7 Å². The number of hydrogen-bond acceptors (Lipinski definition) is 4. The topological polar surface area (TPSA) is 36.9 Å². The summed E-state index contributed by atoms with van der Waals surface area (Å²) in [5.41, 5.74) is 0.285. The van der Waals surface area contributed by atoms with Gasteiger partial charge in [0.25, 0.3) is 0 Å². The molecular formula is C14H25N3OS. The van der Waals surface area contributed by atoms with Crippen LogP contribution in [-0.2, 0) is 4.74 Å². The summed E-state index contributed by atoms with van der Waals surface area (Å²) in [5, 5.41) is 4.85. The summed E-state index contributed by atoms with van der Waals surface area (Å²) in [5.74, 6) is 1.93. The van der Waals surface area contributed by atoms with Crippen molar-refractivity contribution in [3.05, 3.63) is 0 Å². The number of nitrogens with one attached hydrogen (secondary N) is 1. The molecule has 0 radical (unpaired) electrons. The van der Waals surface area contributed by atoms with Crippen molar-refractivity contribution < 1.29 is 4.74 Å². The number of amidine groups is 1. The third-order valence-electron chi connectivity index (χ3n) is 4.62. The SMILES string of the molecule is CCN1CCC(CN=C2NC3(CCOCC3)CS2)C1. The molecule has 5 heteroatoms. The highest BCUT2D eigenvalue weighted by Crippen LogP contribution is 2.32. The van der Waals surface area contributed by atoms with Crippen molar-refractivity contribution >= 4 is 16.9 Å². The number of thioether (sulfide) groups is 1. The molecular weight excluding hydrogens is 258 g/mol. The fraction of sp³-hybridized carbons (Fsp3) is 0.929. The summed E-state index contributed by atoms with van der Waals surface area (Å²) in [6.45, 7) is 8.72. The maximum Gasteiger partial charge on any atom is 0.157 e. The second kappa shape index (κ2) is 6.02. The average Bonchev–Trinajstić information content (AvgIpc) is 3.05. The van der Waals surface area contributed by atoms with Gasteiger partial charge >= 0.3 is 0 Å². The Morgan fingerprint density at radius 1 is 1.47 bits per heavy atom. The van der Waals surface area contributed by atoms with E-state index in [1.807, 2.05) is 11.8 Å². The Morgan fingerprint density at radius 3 is 3.05 bits per heavy atom. The van der Waals surface area contributed by atoms with Gasteiger partial charge < -0.3 is 15.0 Å². The van der Waals surface area contributed by atoms with Crippen LogP contribution < -0.4 is 5.32 Å². The minimum absolute atomic E-state index is 0.285. The molecule has 4 nitrogen and oxygen atoms in total. The second-order valence-electron chi connectivity index (χ2n) is 6.00. The Balaban J connectivity index is 1.49. The predicted molar refractivity (Wildman–Crippen MR) is 80.9 cm³/mol. The molecule has 1 atom stereocenters. The molecule has 0 amide bonds. The van der Waals surface area contributed by atoms with Crippen molar-refractivity contribution in [2.45, 2.75) is 31.7 Å². The highest BCUT2D eigenvalue weighted by molar-refractivity contribution is 8.14. The molecule has 1 spiro atoms. The number of ether oxygens (including phenoxy) is 1. The minimum Gasteiger partial charge on any atom is -0.381 e. The summed E-state index contributed by atoms with van der Waals surface area (Å²) >= 11 is 1.91. The first-order valence-electron chi connectivity index (χ1n) is 7.55. The van der Waals surface area contributed by atoms with E-state index in [1.165, 1.54) is 37.0 Å². The number of aliphatic imine (C=N–C) groups is 1. The molecule has 0 aromatic heterocycles. The van der Waals surface area contributed by atoms with Crippen molar-refractivity contribution in [3.8, 4) is 0 Å². The lowest BCUT2D eigenvalue weighted by atomic mass is 9.93. The van der Waals surface area contributed by atoms with E-state index in [4.69, 9.17) is 9.73 Å². The first-order valence-corrected chi connectivity index (χ1v) is 8.54. The van der Waals surface area contributed by atoms with Gasteiger partial charge in [-0.2, -0.15) is 0 Å². The van der Waals surface area contributed by atoms with Crippen LogP contribution in [0.25, 0.3) is 0 Å². The van der Waals surface area contributed by atoms with Gasteiger partial charge in [0.05, 0.1) is 5.54 Å². The minimum atomic E-state index is 0.285. The normalized spacial score (nSPS) is 33.1. The molecule has 0 aliphatic carbocycles. The smallest absolute Gasteiger partial charge is 0.157 e. The number of hydrogen-bond donors (Lipinski definition) is 1. The van der Waals surface area contributed by atoms with E-state index in [-0.39, 0.29) is 5.54 Å². The Hall–Kier alpha value is -0.260. The molecule has 0 bridgehead atoms. The van der Waals surface area contributed by atoms with Crippen molar-refractivity contribution in [1.82, 2.24) is 10.2 Å². The van der Waals surface area contributed by atoms with Crippen molar-refractivity contribution in [2.24, 2.45) is 10.9 Å². The fourth-order valence-electron chi connectivity index (χ4n) is 3.18. The summed E-state index contributed by atoms with van der Waals surface area (Å²) in [7, 11) is 0. The number of nitrogens with zero attached hydrogens (tertiary/aromatic N) is 2. The molecule has 0 saturated carbocycles. The summed E-state index contributed by atoms with van der Waals surface area (Å²) in [6.07, 6.45) is 3.58. The molecule has 3 aliphatic heterocycles. The molecule has 3 heterocycles. The van der Waals surface area contributed by atoms with Crippen LogP contribution in [0.15, 0.2) is 4.99 Å². The van der Waals surface area contributed by atoms with Crippen LogP contribution in [0.1, 0.15) is 26.2 Å². The Morgan fingerprint density at radius 2 is 2.32 bits per heavy atom. The maximum absolute atomic E-state index is 5.46. The van der Waals surface area contributed by atoms with Crippen LogP contribution in [0.4, 0.5) is 0 Å². The highest BCUT2D eigenvalue weighted by Gasteiger charge is 2.38. The van der Waals surface area contributed by atoms with Crippen LogP contribution in [0.5, 0.6) is 0 Å². The standard InChI is InChI=1S/C14H25N3OS/c1-2-17-6-3-12(10-17)9-15-13-16-14(11-19-13)4-7-18-8-5-14/h12H,2-11H2,1H3,(H,15,16). The zero-order valence-electron chi connectivity index (χ0n) is 11.9. The van der Waals surface area contributed by atoms with E-state index in [9.17, 15) is 0 Å². The second-order valence-corrected chi connectivity index (χ2v) is 6.96. The first kappa shape index (κ1) is 13.7. The Bertz CT molecular complexity index is 342. The van der Waals surface area contributed by atoms with Gasteiger partial charge in [0.1, 0.15) is 0 Å². The van der Waals surface area contributed by atoms with Gasteiger partial charge in [-0.25, -0.2) is 0 Å². The molecule has 0 aromatic carbocycles. The average molecular weight is 283 g/mol. The largest absolute Gasteiger partial charge is 0.381 e. The fourth-order valence-corrected chi connectivity index (χ4v) is 4.41. The molecule has 3 aliphatic rings. The van der Waals surface area contributed by atoms with E-state index >= 15 is 0 Å². The van der Waals surface area contributed by atoms with E-state index in [2.05, 4.69) is 17.1 Å². The summed E-state index contributed by atoms with van der Waals surface area (Å²) < 4.78 is 5.46. The molecule has 1 N–H and O–H groups in total. The van der Waals surface area contributed by atoms with Crippen molar-refractivity contribution in [3.63, 3.8) is 0 Å². The van der Waals surface area contributed by atoms with Crippen LogP contribution in [0.3, 0.4) is 0 Å². The molecule has 19 heavy (non-hydrogen) atoms. The molecule has 3 fully saturated rings. The van der Waals surface area contributed by atoms with Crippen LogP contribution >= 0.6 is 11.8 Å². The molecule has 108 valence electrons. The number of likely N-dealkylation sites (tertiary alicyclic amines) is 1. The van der Waals surface area contributed by atoms with Gasteiger partial charge in [-0.3, -0.25) is 4.99 Å². The zero-order valence-corrected chi connectivity index (χ0v) is 12.7. The first-order chi connectivity index (χ1) is 9.30. The molecule has 1 unspecified atom stereocenters. The predicted octanol–water partition coefficient (Wildman–Crippen LogP) is 1.57. The monoisotopic (exact) mass is 283 g/mol. The van der Waals surface area contributed by atoms with Crippen molar-refractivity contribution in [2.75, 3.05) is 45.1 Å². The third-order valence-corrected chi connectivity index (χ3v) is 5.82. The molecule has 0 aromatic rings. The number of rotatable bonds is 3. The van der Waals surface area contributed by atoms with Gasteiger partial charge in [0, 0.05) is 32.1 Å². The summed E-state index contributed by atoms with van der Waals surface area (Å²) in [6, 6.07) is 0. The van der Waals surface area contributed by atoms with E-state index in [1.54, 1.807) is 0 Å². The summed E-state index contributed by atoms with van der Waals surface area (Å²) in [4.78, 5) is 7.35. The lowest BCUT2D eigenvalue weighted by Gasteiger charge is -2.32. The Labute approximate surface area is 120 Å². The van der Waals surface area contributed by atoms with Gasteiger partial charge in [-0.05, 0) is 38.3 Å². The molecule has 3 rings (SSSR count). The van der Waals surface area contributed by atoms with Crippen LogP contribution in [0.2, 0.25) is 0 Å². The van der Waals surface area contributed by atoms with Gasteiger partial charge in [0.2, 0.25) is 0 Å². The quantitative estimate of drug-likeness (QED) is 0.853. The third kappa shape index (κ3) is 3.26. The van der Waals surface area contributed by atoms with Gasteiger partial charge in [0.15, 0.2) is 5.17 Å². The van der Waals surface area contributed by atoms with E-state index < -0.39 is 0 Å². The Kier molecular flexibility index (Phi) is 4.34. The lowest BCUT2D eigenvalue weighted by molar-refractivity contribution is 0.0555. The van der Waals surface area contributed by atoms with E-state index in [0.717, 1.165) is 38.5 Å². The van der Waals surface area contributed by atoms with Crippen LogP contribution in [0, 0.1) is 5.92 Å². The van der Waals surface area contributed by atoms with Crippen LogP contribution in [-0.4, -0.2) is 60.8 Å². The highest BCUT2D eigenvalue weighted by atomic mass is 32.2. The van der Waals surface area contributed by atoms with E-state index in [0.29, 0.717) is 0 Å². The molecule has 3 saturated heterocycles. The zero-order chi connectivity index (χ0) is 13.1. The van der Waals surface area contributed by atoms with Gasteiger partial charge in [-0.15, -0.1) is 0 Å². The lowest BCUT2D eigenvalue weighted by Crippen LogP contribution is -2.48. The maximum atomic E-state index is 5.46.